The molecule has 10 heteroatoms. The summed E-state index contributed by atoms with van der Waals surface area (Å²) in [5.74, 6) is -7.16. The van der Waals surface area contributed by atoms with E-state index in [-0.39, 0.29) is 40.9 Å². The van der Waals surface area contributed by atoms with Crippen molar-refractivity contribution in [1.82, 2.24) is 0 Å². The molecule has 0 atom stereocenters. The number of ether oxygens (including phenoxy) is 2. The minimum Gasteiger partial charge on any atom is -0.489 e. The van der Waals surface area contributed by atoms with Crippen molar-refractivity contribution >= 4 is 67.0 Å². The second-order valence-corrected chi connectivity index (χ2v) is 8.45. The summed E-state index contributed by atoms with van der Waals surface area (Å²) in [6, 6.07) is 10.3. The monoisotopic (exact) mass is 516 g/mol. The SMILES string of the molecule is CCOc1c(C(=O)O)c2c(C(=O)O)c(C(=O)O)c(C(=O)O)c3c4cccc5cccc(c(c1OCC)c23)c54. The highest BCUT2D eigenvalue weighted by Crippen LogP contribution is 2.52. The summed E-state index contributed by atoms with van der Waals surface area (Å²) in [6.45, 7) is 3.34. The van der Waals surface area contributed by atoms with Crippen LogP contribution >= 0.6 is 0 Å². The molecule has 4 N–H and O–H groups in total. The first kappa shape index (κ1) is 24.6. The van der Waals surface area contributed by atoms with E-state index in [9.17, 15) is 39.6 Å². The molecule has 0 fully saturated rings. The molecule has 0 bridgehead atoms. The molecule has 10 nitrogen and oxygen atoms in total. The number of fused-ring (bicyclic) bond motifs is 2. The Labute approximate surface area is 213 Å². The van der Waals surface area contributed by atoms with E-state index in [1.165, 1.54) is 0 Å². The zero-order valence-corrected chi connectivity index (χ0v) is 20.1. The molecule has 192 valence electrons. The molecule has 5 rings (SSSR count). The lowest BCUT2D eigenvalue weighted by molar-refractivity contribution is 0.0635. The third-order valence-electron chi connectivity index (χ3n) is 6.54. The fourth-order valence-electron chi connectivity index (χ4n) is 5.40. The first-order valence-electron chi connectivity index (χ1n) is 11.6. The molecule has 0 spiro atoms. The van der Waals surface area contributed by atoms with Gasteiger partial charge in [0.25, 0.3) is 0 Å². The summed E-state index contributed by atoms with van der Waals surface area (Å²) in [5, 5.41) is 42.7. The Morgan fingerprint density at radius 1 is 0.553 bits per heavy atom. The minimum absolute atomic E-state index is 0.00162. The summed E-state index contributed by atoms with van der Waals surface area (Å²) in [4.78, 5) is 50.5. The van der Waals surface area contributed by atoms with Crippen LogP contribution in [0, 0.1) is 0 Å². The van der Waals surface area contributed by atoms with E-state index in [0.29, 0.717) is 21.5 Å². The fraction of sp³-hybridized carbons (Fsp3) is 0.143. The molecule has 0 saturated heterocycles. The van der Waals surface area contributed by atoms with Gasteiger partial charge in [0.05, 0.1) is 29.9 Å². The Morgan fingerprint density at radius 3 is 1.53 bits per heavy atom. The highest BCUT2D eigenvalue weighted by atomic mass is 16.5. The maximum Gasteiger partial charge on any atom is 0.340 e. The lowest BCUT2D eigenvalue weighted by atomic mass is 9.81. The molecule has 0 heterocycles. The maximum absolute atomic E-state index is 12.7. The molecule has 0 radical (unpaired) electrons. The second kappa shape index (κ2) is 8.77. The molecule has 0 amide bonds. The van der Waals surface area contributed by atoms with E-state index in [4.69, 9.17) is 9.47 Å². The average Bonchev–Trinajstić information content (AvgIpc) is 2.86. The van der Waals surface area contributed by atoms with Gasteiger partial charge in [-0.2, -0.15) is 0 Å². The van der Waals surface area contributed by atoms with E-state index in [0.717, 1.165) is 0 Å². The van der Waals surface area contributed by atoms with Crippen LogP contribution in [0.5, 0.6) is 11.5 Å². The van der Waals surface area contributed by atoms with Crippen LogP contribution in [0.1, 0.15) is 55.3 Å². The molecular weight excluding hydrogens is 496 g/mol. The Bertz CT molecular complexity index is 1850. The Hall–Kier alpha value is -5.12. The minimum atomic E-state index is -1.83. The topological polar surface area (TPSA) is 168 Å². The first-order valence-corrected chi connectivity index (χ1v) is 11.6. The van der Waals surface area contributed by atoms with Crippen LogP contribution in [0.2, 0.25) is 0 Å². The second-order valence-electron chi connectivity index (χ2n) is 8.45. The molecule has 5 aromatic carbocycles. The van der Waals surface area contributed by atoms with E-state index in [1.54, 1.807) is 50.2 Å². The molecule has 0 unspecified atom stereocenters. The Kier molecular flexibility index (Phi) is 5.67. The highest BCUT2D eigenvalue weighted by molar-refractivity contribution is 6.41. The van der Waals surface area contributed by atoms with E-state index < -0.39 is 51.5 Å². The van der Waals surface area contributed by atoms with Crippen molar-refractivity contribution in [3.63, 3.8) is 0 Å². The molecule has 38 heavy (non-hydrogen) atoms. The maximum atomic E-state index is 12.7. The smallest absolute Gasteiger partial charge is 0.340 e. The number of aromatic carboxylic acids is 4. The molecule has 0 aromatic heterocycles. The van der Waals surface area contributed by atoms with Crippen molar-refractivity contribution in [1.29, 1.82) is 0 Å². The largest absolute Gasteiger partial charge is 0.489 e. The van der Waals surface area contributed by atoms with E-state index in [2.05, 4.69) is 0 Å². The van der Waals surface area contributed by atoms with E-state index in [1.807, 2.05) is 0 Å². The zero-order valence-electron chi connectivity index (χ0n) is 20.1. The zero-order chi connectivity index (χ0) is 27.5. The van der Waals surface area contributed by atoms with Gasteiger partial charge < -0.3 is 29.9 Å². The summed E-state index contributed by atoms with van der Waals surface area (Å²) < 4.78 is 11.7. The third kappa shape index (κ3) is 3.20. The average molecular weight is 516 g/mol. The van der Waals surface area contributed by atoms with Crippen LogP contribution in [0.15, 0.2) is 36.4 Å². The van der Waals surface area contributed by atoms with Gasteiger partial charge in [0.1, 0.15) is 5.56 Å². The van der Waals surface area contributed by atoms with Crippen molar-refractivity contribution in [2.24, 2.45) is 0 Å². The standard InChI is InChI=1S/C28H20O10/c1-3-37-23-16-13-10-6-8-11-7-5-9-12(14(11)13)15-17(16)18(22(28(35)36)24(23)38-4-2)20(26(31)32)21(27(33)34)19(15)25(29)30/h5-10H,3-4H2,1-2H3,(H,29,30)(H,31,32)(H,33,34)(H,35,36). The molecule has 0 aliphatic carbocycles. The Balaban J connectivity index is 2.37. The first-order chi connectivity index (χ1) is 18.1. The fourth-order valence-corrected chi connectivity index (χ4v) is 5.40. The molecule has 0 saturated carbocycles. The van der Waals surface area contributed by atoms with Gasteiger partial charge in [-0.15, -0.1) is 0 Å². The van der Waals surface area contributed by atoms with Crippen molar-refractivity contribution in [2.45, 2.75) is 13.8 Å². The van der Waals surface area contributed by atoms with Gasteiger partial charge in [-0.25, -0.2) is 19.2 Å². The quantitative estimate of drug-likeness (QED) is 0.156. The van der Waals surface area contributed by atoms with Crippen LogP contribution in [-0.2, 0) is 0 Å². The highest BCUT2D eigenvalue weighted by Gasteiger charge is 2.37. The van der Waals surface area contributed by atoms with Gasteiger partial charge in [0.15, 0.2) is 11.5 Å². The number of rotatable bonds is 8. The van der Waals surface area contributed by atoms with Crippen LogP contribution in [0.25, 0.3) is 43.1 Å². The van der Waals surface area contributed by atoms with Crippen molar-refractivity contribution < 1.29 is 49.1 Å². The van der Waals surface area contributed by atoms with Crippen LogP contribution < -0.4 is 9.47 Å². The molecule has 0 aliphatic heterocycles. The number of hydrogen-bond donors (Lipinski definition) is 4. The van der Waals surface area contributed by atoms with Crippen molar-refractivity contribution in [2.75, 3.05) is 13.2 Å². The predicted octanol–water partition coefficient (Wildman–Crippen LogP) is 5.33. The summed E-state index contributed by atoms with van der Waals surface area (Å²) in [6.07, 6.45) is 0. The van der Waals surface area contributed by atoms with Gasteiger partial charge in [0, 0.05) is 21.5 Å². The van der Waals surface area contributed by atoms with Gasteiger partial charge >= 0.3 is 23.9 Å². The molecule has 0 aliphatic rings. The van der Waals surface area contributed by atoms with Crippen LogP contribution in [0.4, 0.5) is 0 Å². The van der Waals surface area contributed by atoms with Gasteiger partial charge in [-0.05, 0) is 35.4 Å². The van der Waals surface area contributed by atoms with Crippen LogP contribution in [-0.4, -0.2) is 57.5 Å². The lowest BCUT2D eigenvalue weighted by Crippen LogP contribution is -2.19. The molecular formula is C28H20O10. The molecule has 5 aromatic rings. The normalized spacial score (nSPS) is 11.4. The number of carboxylic acids is 4. The lowest BCUT2D eigenvalue weighted by Gasteiger charge is -2.24. The number of carboxylic acid groups (broad SMARTS) is 4. The number of benzene rings is 5. The number of carbonyl (C=O) groups is 4. The summed E-state index contributed by atoms with van der Waals surface area (Å²) in [5.41, 5.74) is -3.36. The van der Waals surface area contributed by atoms with Gasteiger partial charge in [-0.3, -0.25) is 0 Å². The van der Waals surface area contributed by atoms with Crippen LogP contribution in [0.3, 0.4) is 0 Å². The van der Waals surface area contributed by atoms with Crippen molar-refractivity contribution in [3.8, 4) is 11.5 Å². The third-order valence-corrected chi connectivity index (χ3v) is 6.54. The summed E-state index contributed by atoms with van der Waals surface area (Å²) >= 11 is 0. The van der Waals surface area contributed by atoms with E-state index >= 15 is 0 Å². The van der Waals surface area contributed by atoms with Gasteiger partial charge in [-0.1, -0.05) is 36.4 Å². The van der Waals surface area contributed by atoms with Crippen molar-refractivity contribution in [3.05, 3.63) is 58.7 Å². The van der Waals surface area contributed by atoms with Gasteiger partial charge in [0.2, 0.25) is 0 Å². The predicted molar refractivity (Wildman–Crippen MR) is 138 cm³/mol. The Morgan fingerprint density at radius 2 is 1.03 bits per heavy atom. The number of hydrogen-bond acceptors (Lipinski definition) is 6. The summed E-state index contributed by atoms with van der Waals surface area (Å²) in [7, 11) is 0.